The van der Waals surface area contributed by atoms with Crippen molar-refractivity contribution in [3.8, 4) is 0 Å². The molecule has 2 aromatic carbocycles. The summed E-state index contributed by atoms with van der Waals surface area (Å²) in [5.41, 5.74) is 5.46. The number of hydrogen-bond acceptors (Lipinski definition) is 2. The van der Waals surface area contributed by atoms with Crippen LogP contribution >= 0.6 is 23.8 Å². The Hall–Kier alpha value is -1.98. The van der Waals surface area contributed by atoms with Crippen LogP contribution < -0.4 is 10.7 Å². The van der Waals surface area contributed by atoms with E-state index in [2.05, 4.69) is 15.8 Å². The number of nitrogens with zero attached hydrogens (tertiary/aromatic N) is 1. The van der Waals surface area contributed by atoms with Crippen molar-refractivity contribution in [3.63, 3.8) is 0 Å². The molecule has 0 spiro atoms. The lowest BCUT2D eigenvalue weighted by atomic mass is 10.1. The molecular weight excluding hydrogens is 321 g/mol. The van der Waals surface area contributed by atoms with Crippen LogP contribution in [0.2, 0.25) is 5.02 Å². The summed E-state index contributed by atoms with van der Waals surface area (Å²) in [5.74, 6) is -0.257. The van der Waals surface area contributed by atoms with Gasteiger partial charge in [0.2, 0.25) is 0 Å². The second kappa shape index (κ2) is 7.87. The van der Waals surface area contributed by atoms with Crippen molar-refractivity contribution < 1.29 is 4.39 Å². The third kappa shape index (κ3) is 5.09. The normalized spacial score (nSPS) is 11.1. The number of rotatable bonds is 4. The summed E-state index contributed by atoms with van der Waals surface area (Å²) in [6.45, 7) is 2.38. The number of thiocarbonyl (C=S) groups is 1. The zero-order chi connectivity index (χ0) is 15.9. The fourth-order valence-electron chi connectivity index (χ4n) is 1.71. The van der Waals surface area contributed by atoms with Crippen LogP contribution in [0.25, 0.3) is 0 Å². The van der Waals surface area contributed by atoms with Crippen LogP contribution in [-0.4, -0.2) is 10.8 Å². The first-order valence-corrected chi connectivity index (χ1v) is 7.42. The Morgan fingerprint density at radius 2 is 1.77 bits per heavy atom. The van der Waals surface area contributed by atoms with Gasteiger partial charge in [0, 0.05) is 11.6 Å². The van der Waals surface area contributed by atoms with Crippen molar-refractivity contribution in [2.75, 3.05) is 0 Å². The Kier molecular flexibility index (Phi) is 5.86. The topological polar surface area (TPSA) is 36.4 Å². The fraction of sp³-hybridized carbons (Fsp3) is 0.125. The third-order valence-corrected chi connectivity index (χ3v) is 3.44. The zero-order valence-corrected chi connectivity index (χ0v) is 13.5. The average molecular weight is 336 g/mol. The second-order valence-electron chi connectivity index (χ2n) is 4.63. The lowest BCUT2D eigenvalue weighted by Gasteiger charge is -2.08. The van der Waals surface area contributed by atoms with Gasteiger partial charge in [0.15, 0.2) is 5.11 Å². The van der Waals surface area contributed by atoms with Gasteiger partial charge in [-0.05, 0) is 54.5 Å². The van der Waals surface area contributed by atoms with E-state index < -0.39 is 0 Å². The minimum absolute atomic E-state index is 0.257. The molecule has 0 heterocycles. The van der Waals surface area contributed by atoms with Crippen LogP contribution in [0.5, 0.6) is 0 Å². The first-order valence-electron chi connectivity index (χ1n) is 6.63. The Morgan fingerprint density at radius 1 is 1.14 bits per heavy atom. The molecule has 6 heteroatoms. The highest BCUT2D eigenvalue weighted by Gasteiger charge is 1.99. The van der Waals surface area contributed by atoms with Gasteiger partial charge in [0.25, 0.3) is 0 Å². The zero-order valence-electron chi connectivity index (χ0n) is 11.9. The van der Waals surface area contributed by atoms with Gasteiger partial charge in [-0.2, -0.15) is 5.10 Å². The van der Waals surface area contributed by atoms with Crippen LogP contribution in [0.1, 0.15) is 18.1 Å². The molecule has 0 aliphatic rings. The Labute approximate surface area is 139 Å². The van der Waals surface area contributed by atoms with E-state index in [-0.39, 0.29) is 5.82 Å². The summed E-state index contributed by atoms with van der Waals surface area (Å²) in [6.07, 6.45) is 0. The monoisotopic (exact) mass is 335 g/mol. The maximum Gasteiger partial charge on any atom is 0.187 e. The number of hydrazone groups is 1. The van der Waals surface area contributed by atoms with Crippen LogP contribution in [0, 0.1) is 5.82 Å². The smallest absolute Gasteiger partial charge is 0.187 e. The van der Waals surface area contributed by atoms with Crippen molar-refractivity contribution in [1.82, 2.24) is 10.7 Å². The highest BCUT2D eigenvalue weighted by atomic mass is 35.5. The summed E-state index contributed by atoms with van der Waals surface area (Å²) in [7, 11) is 0. The van der Waals surface area contributed by atoms with Crippen molar-refractivity contribution in [2.24, 2.45) is 5.10 Å². The number of halogens is 2. The van der Waals surface area contributed by atoms with Crippen molar-refractivity contribution >= 4 is 34.6 Å². The van der Waals surface area contributed by atoms with Crippen LogP contribution in [0.15, 0.2) is 53.6 Å². The number of nitrogens with one attached hydrogen (secondary N) is 2. The Balaban J connectivity index is 1.85. The first kappa shape index (κ1) is 16.4. The summed E-state index contributed by atoms with van der Waals surface area (Å²) >= 11 is 11.0. The summed E-state index contributed by atoms with van der Waals surface area (Å²) in [5, 5.41) is 8.30. The van der Waals surface area contributed by atoms with Crippen LogP contribution in [0.3, 0.4) is 0 Å². The molecule has 114 valence electrons. The van der Waals surface area contributed by atoms with Gasteiger partial charge in [0.05, 0.1) is 5.71 Å². The largest absolute Gasteiger partial charge is 0.357 e. The molecule has 0 aliphatic heterocycles. The standard InChI is InChI=1S/C16H15ClFN3S/c1-11(13-4-6-14(17)7-5-13)20-21-16(22)19-10-12-2-8-15(18)9-3-12/h2-9H,10H2,1H3,(H2,19,21,22)/b20-11-. The molecule has 0 bridgehead atoms. The summed E-state index contributed by atoms with van der Waals surface area (Å²) in [6, 6.07) is 13.6. The molecule has 22 heavy (non-hydrogen) atoms. The molecule has 0 saturated carbocycles. The van der Waals surface area contributed by atoms with Crippen molar-refractivity contribution in [1.29, 1.82) is 0 Å². The van der Waals surface area contributed by atoms with E-state index in [0.717, 1.165) is 16.8 Å². The van der Waals surface area contributed by atoms with Gasteiger partial charge in [-0.3, -0.25) is 5.43 Å². The van der Waals surface area contributed by atoms with Gasteiger partial charge in [-0.25, -0.2) is 4.39 Å². The predicted molar refractivity (Wildman–Crippen MR) is 92.6 cm³/mol. The number of benzene rings is 2. The van der Waals surface area contributed by atoms with Crippen molar-refractivity contribution in [2.45, 2.75) is 13.5 Å². The van der Waals surface area contributed by atoms with Crippen LogP contribution in [-0.2, 0) is 6.54 Å². The highest BCUT2D eigenvalue weighted by molar-refractivity contribution is 7.80. The van der Waals surface area contributed by atoms with Gasteiger partial charge in [0.1, 0.15) is 5.82 Å². The van der Waals surface area contributed by atoms with E-state index in [1.807, 2.05) is 19.1 Å². The molecule has 0 atom stereocenters. The lowest BCUT2D eigenvalue weighted by Crippen LogP contribution is -2.32. The highest BCUT2D eigenvalue weighted by Crippen LogP contribution is 2.10. The maximum absolute atomic E-state index is 12.8. The van der Waals surface area contributed by atoms with E-state index in [9.17, 15) is 4.39 Å². The average Bonchev–Trinajstić information content (AvgIpc) is 2.52. The first-order chi connectivity index (χ1) is 10.5. The molecule has 2 N–H and O–H groups in total. The third-order valence-electron chi connectivity index (χ3n) is 2.95. The molecule has 0 amide bonds. The van der Waals surface area contributed by atoms with Gasteiger partial charge < -0.3 is 5.32 Å². The van der Waals surface area contributed by atoms with E-state index in [4.69, 9.17) is 23.8 Å². The quantitative estimate of drug-likeness (QED) is 0.506. The molecule has 0 unspecified atom stereocenters. The number of hydrogen-bond donors (Lipinski definition) is 2. The molecule has 0 fully saturated rings. The second-order valence-corrected chi connectivity index (χ2v) is 5.47. The lowest BCUT2D eigenvalue weighted by molar-refractivity contribution is 0.626. The summed E-state index contributed by atoms with van der Waals surface area (Å²) < 4.78 is 12.8. The van der Waals surface area contributed by atoms with E-state index in [0.29, 0.717) is 16.7 Å². The fourth-order valence-corrected chi connectivity index (χ4v) is 1.96. The molecule has 0 radical (unpaired) electrons. The van der Waals surface area contributed by atoms with E-state index >= 15 is 0 Å². The van der Waals surface area contributed by atoms with Gasteiger partial charge in [-0.15, -0.1) is 0 Å². The molecule has 2 aromatic rings. The van der Waals surface area contributed by atoms with Gasteiger partial charge in [-0.1, -0.05) is 35.9 Å². The molecule has 2 rings (SSSR count). The molecule has 0 saturated heterocycles. The predicted octanol–water partition coefficient (Wildman–Crippen LogP) is 3.87. The SMILES string of the molecule is C/C(=N/NC(=S)NCc1ccc(F)cc1)c1ccc(Cl)cc1. The Morgan fingerprint density at radius 3 is 2.41 bits per heavy atom. The molecule has 0 aliphatic carbocycles. The molecular formula is C16H15ClFN3S. The molecule has 0 aromatic heterocycles. The maximum atomic E-state index is 12.8. The van der Waals surface area contributed by atoms with Crippen LogP contribution in [0.4, 0.5) is 4.39 Å². The Bertz CT molecular complexity index is 669. The van der Waals surface area contributed by atoms with E-state index in [1.165, 1.54) is 12.1 Å². The van der Waals surface area contributed by atoms with E-state index in [1.54, 1.807) is 24.3 Å². The molecule has 3 nitrogen and oxygen atoms in total. The van der Waals surface area contributed by atoms with Gasteiger partial charge >= 0.3 is 0 Å². The summed E-state index contributed by atoms with van der Waals surface area (Å²) in [4.78, 5) is 0. The minimum Gasteiger partial charge on any atom is -0.357 e. The van der Waals surface area contributed by atoms with Crippen molar-refractivity contribution in [3.05, 3.63) is 70.5 Å². The minimum atomic E-state index is -0.257.